The summed E-state index contributed by atoms with van der Waals surface area (Å²) in [5.41, 5.74) is 1.35. The molecule has 3 amide bonds. The largest absolute Gasteiger partial charge is 0.385 e. The number of amides is 3. The van der Waals surface area contributed by atoms with Crippen molar-refractivity contribution in [2.45, 2.75) is 26.4 Å². The first-order valence-electron chi connectivity index (χ1n) is 11.2. The van der Waals surface area contributed by atoms with E-state index in [0.29, 0.717) is 38.3 Å². The van der Waals surface area contributed by atoms with Gasteiger partial charge in [-0.1, -0.05) is 41.9 Å². The van der Waals surface area contributed by atoms with Crippen molar-refractivity contribution < 1.29 is 18.7 Å². The summed E-state index contributed by atoms with van der Waals surface area (Å²) in [6.07, 6.45) is 0.560. The van der Waals surface area contributed by atoms with Crippen LogP contribution in [0.1, 0.15) is 21.7 Å². The van der Waals surface area contributed by atoms with Crippen molar-refractivity contribution in [3.8, 4) is 0 Å². The Hall–Kier alpha value is -2.94. The number of nitrogens with one attached hydrogen (secondary N) is 1. The summed E-state index contributed by atoms with van der Waals surface area (Å²) in [5, 5.41) is 2.62. The Kier molecular flexibility index (Phi) is 10.1. The average Bonchev–Trinajstić information content (AvgIpc) is 3.25. The number of carbonyl (C=O) groups excluding carboxylic acids is 2. The molecular weight excluding hydrogens is 489 g/mol. The number of thiophene rings is 1. The smallest absolute Gasteiger partial charge is 0.322 e. The maximum atomic E-state index is 13.5. The van der Waals surface area contributed by atoms with Crippen LogP contribution in [-0.4, -0.2) is 48.5 Å². The maximum absolute atomic E-state index is 13.5. The van der Waals surface area contributed by atoms with Crippen molar-refractivity contribution in [1.82, 2.24) is 9.80 Å². The second-order valence-electron chi connectivity index (χ2n) is 8.07. The molecule has 9 heteroatoms. The molecule has 0 radical (unpaired) electrons. The molecule has 3 rings (SSSR count). The molecule has 0 spiro atoms. The van der Waals surface area contributed by atoms with E-state index in [1.54, 1.807) is 23.3 Å². The van der Waals surface area contributed by atoms with Crippen LogP contribution < -0.4 is 5.32 Å². The molecule has 0 bridgehead atoms. The van der Waals surface area contributed by atoms with Crippen LogP contribution in [0.15, 0.2) is 60.7 Å². The Morgan fingerprint density at radius 3 is 2.49 bits per heavy atom. The second kappa shape index (κ2) is 13.2. The van der Waals surface area contributed by atoms with Crippen molar-refractivity contribution in [3.05, 3.63) is 86.8 Å². The number of anilines is 1. The first-order valence-corrected chi connectivity index (χ1v) is 12.4. The number of nitrogens with zero attached hydrogens (tertiary/aromatic N) is 2. The number of urea groups is 1. The van der Waals surface area contributed by atoms with Crippen LogP contribution >= 0.6 is 22.9 Å². The fraction of sp³-hybridized carbons (Fsp3) is 0.308. The first kappa shape index (κ1) is 26.7. The predicted octanol–water partition coefficient (Wildman–Crippen LogP) is 5.95. The van der Waals surface area contributed by atoms with E-state index in [4.69, 9.17) is 16.3 Å². The molecule has 0 aliphatic carbocycles. The summed E-state index contributed by atoms with van der Waals surface area (Å²) < 4.78 is 18.6. The molecule has 1 N–H and O–H groups in total. The highest BCUT2D eigenvalue weighted by Crippen LogP contribution is 2.21. The summed E-state index contributed by atoms with van der Waals surface area (Å²) in [4.78, 5) is 32.0. The van der Waals surface area contributed by atoms with Crippen molar-refractivity contribution in [2.24, 2.45) is 0 Å². The summed E-state index contributed by atoms with van der Waals surface area (Å²) >= 11 is 7.49. The molecule has 0 aliphatic rings. The van der Waals surface area contributed by atoms with Crippen molar-refractivity contribution in [2.75, 3.05) is 32.1 Å². The quantitative estimate of drug-likeness (QED) is 0.320. The SMILES string of the molecule is COCCCN(CC(=O)N(Cc1ccccc1)Cc1ccc(C)s1)C(=O)Nc1ccc(F)c(Cl)c1. The molecule has 2 aromatic carbocycles. The average molecular weight is 518 g/mol. The number of benzene rings is 2. The molecule has 0 unspecified atom stereocenters. The summed E-state index contributed by atoms with van der Waals surface area (Å²) in [6, 6.07) is 17.3. The zero-order valence-electron chi connectivity index (χ0n) is 19.8. The minimum absolute atomic E-state index is 0.0925. The highest BCUT2D eigenvalue weighted by atomic mass is 35.5. The zero-order valence-corrected chi connectivity index (χ0v) is 21.4. The molecule has 3 aromatic rings. The Labute approximate surface area is 214 Å². The molecule has 0 fully saturated rings. The van der Waals surface area contributed by atoms with Crippen LogP contribution in [0.4, 0.5) is 14.9 Å². The monoisotopic (exact) mass is 517 g/mol. The highest BCUT2D eigenvalue weighted by Gasteiger charge is 2.22. The Morgan fingerprint density at radius 1 is 1.06 bits per heavy atom. The van der Waals surface area contributed by atoms with Crippen LogP contribution in [-0.2, 0) is 22.6 Å². The zero-order chi connectivity index (χ0) is 25.2. The fourth-order valence-electron chi connectivity index (χ4n) is 3.49. The lowest BCUT2D eigenvalue weighted by molar-refractivity contribution is -0.133. The van der Waals surface area contributed by atoms with Gasteiger partial charge in [-0.2, -0.15) is 0 Å². The van der Waals surface area contributed by atoms with Gasteiger partial charge in [-0.15, -0.1) is 11.3 Å². The standard InChI is InChI=1S/C26H29ClFN3O3S/c1-19-9-11-22(35-19)17-31(16-20-7-4-3-5-8-20)25(32)18-30(13-6-14-34-2)26(33)29-21-10-12-24(28)23(27)15-21/h3-5,7-12,15H,6,13-14,16-18H2,1-2H3,(H,29,33). The summed E-state index contributed by atoms with van der Waals surface area (Å²) in [5.74, 6) is -0.748. The third kappa shape index (κ3) is 8.35. The van der Waals surface area contributed by atoms with Crippen LogP contribution in [0.2, 0.25) is 5.02 Å². The van der Waals surface area contributed by atoms with Gasteiger partial charge in [-0.25, -0.2) is 9.18 Å². The van der Waals surface area contributed by atoms with E-state index in [2.05, 4.69) is 5.32 Å². The van der Waals surface area contributed by atoms with E-state index in [1.807, 2.05) is 49.4 Å². The van der Waals surface area contributed by atoms with E-state index >= 15 is 0 Å². The number of ether oxygens (including phenoxy) is 1. The minimum Gasteiger partial charge on any atom is -0.385 e. The van der Waals surface area contributed by atoms with Gasteiger partial charge in [0.05, 0.1) is 11.6 Å². The van der Waals surface area contributed by atoms with Gasteiger partial charge in [0.25, 0.3) is 0 Å². The minimum atomic E-state index is -0.572. The molecule has 186 valence electrons. The number of hydrogen-bond acceptors (Lipinski definition) is 4. The molecule has 0 aliphatic heterocycles. The van der Waals surface area contributed by atoms with E-state index < -0.39 is 11.8 Å². The van der Waals surface area contributed by atoms with E-state index in [-0.39, 0.29) is 17.5 Å². The van der Waals surface area contributed by atoms with Gasteiger partial charge in [0.2, 0.25) is 5.91 Å². The van der Waals surface area contributed by atoms with E-state index in [9.17, 15) is 14.0 Å². The second-order valence-corrected chi connectivity index (χ2v) is 9.85. The lowest BCUT2D eigenvalue weighted by atomic mass is 10.2. The van der Waals surface area contributed by atoms with Crippen LogP contribution in [0, 0.1) is 12.7 Å². The molecule has 0 saturated heterocycles. The molecule has 0 atom stereocenters. The van der Waals surface area contributed by atoms with Crippen molar-refractivity contribution in [3.63, 3.8) is 0 Å². The molecule has 0 saturated carbocycles. The van der Waals surface area contributed by atoms with Gasteiger partial charge in [0, 0.05) is 42.2 Å². The number of methoxy groups -OCH3 is 1. The Bertz CT molecular complexity index is 1130. The first-order chi connectivity index (χ1) is 16.9. The van der Waals surface area contributed by atoms with Gasteiger partial charge in [0.15, 0.2) is 0 Å². The van der Waals surface area contributed by atoms with Crippen molar-refractivity contribution in [1.29, 1.82) is 0 Å². The lowest BCUT2D eigenvalue weighted by Crippen LogP contribution is -2.44. The van der Waals surface area contributed by atoms with Gasteiger partial charge in [-0.05, 0) is 49.2 Å². The number of halogens is 2. The number of hydrogen-bond donors (Lipinski definition) is 1. The molecule has 35 heavy (non-hydrogen) atoms. The van der Waals surface area contributed by atoms with Crippen LogP contribution in [0.3, 0.4) is 0 Å². The van der Waals surface area contributed by atoms with Gasteiger partial charge < -0.3 is 19.9 Å². The molecular formula is C26H29ClFN3O3S. The van der Waals surface area contributed by atoms with E-state index in [1.165, 1.54) is 28.0 Å². The Balaban J connectivity index is 1.76. The van der Waals surface area contributed by atoms with Crippen molar-refractivity contribution >= 4 is 40.6 Å². The summed E-state index contributed by atoms with van der Waals surface area (Å²) in [7, 11) is 1.58. The lowest BCUT2D eigenvalue weighted by Gasteiger charge is -2.28. The Morgan fingerprint density at radius 2 is 1.83 bits per heavy atom. The third-order valence-electron chi connectivity index (χ3n) is 5.27. The maximum Gasteiger partial charge on any atom is 0.322 e. The molecule has 1 aromatic heterocycles. The summed E-state index contributed by atoms with van der Waals surface area (Å²) in [6.45, 7) is 3.56. The number of carbonyl (C=O) groups is 2. The van der Waals surface area contributed by atoms with Gasteiger partial charge >= 0.3 is 6.03 Å². The topological polar surface area (TPSA) is 61.9 Å². The molecule has 1 heterocycles. The number of rotatable bonds is 11. The molecule has 6 nitrogen and oxygen atoms in total. The van der Waals surface area contributed by atoms with Crippen LogP contribution in [0.5, 0.6) is 0 Å². The highest BCUT2D eigenvalue weighted by molar-refractivity contribution is 7.11. The third-order valence-corrected chi connectivity index (χ3v) is 6.55. The van der Waals surface area contributed by atoms with Crippen LogP contribution in [0.25, 0.3) is 0 Å². The number of aryl methyl sites for hydroxylation is 1. The fourth-order valence-corrected chi connectivity index (χ4v) is 4.57. The van der Waals surface area contributed by atoms with E-state index in [0.717, 1.165) is 10.4 Å². The predicted molar refractivity (Wildman–Crippen MR) is 138 cm³/mol. The normalized spacial score (nSPS) is 10.7. The van der Waals surface area contributed by atoms with Gasteiger partial charge in [-0.3, -0.25) is 4.79 Å². The van der Waals surface area contributed by atoms with Gasteiger partial charge in [0.1, 0.15) is 12.4 Å².